The van der Waals surface area contributed by atoms with Crippen molar-refractivity contribution >= 4 is 23.4 Å². The minimum atomic E-state index is -0.176. The number of carbonyl (C=O) groups excluding carboxylic acids is 1. The summed E-state index contributed by atoms with van der Waals surface area (Å²) in [7, 11) is 1.61. The SMILES string of the molecule is COc1cc(C=CC(=O)Nc2ccc(N3CCCCC3)cc2)ccc1OCc1ccccc1C. The fourth-order valence-electron chi connectivity index (χ4n) is 4.10. The van der Waals surface area contributed by atoms with E-state index in [1.165, 1.54) is 36.6 Å². The number of nitrogens with one attached hydrogen (secondary N) is 1. The Morgan fingerprint density at radius 1 is 0.971 bits per heavy atom. The Morgan fingerprint density at radius 3 is 2.47 bits per heavy atom. The standard InChI is InChI=1S/C29H32N2O3/c1-22-8-4-5-9-24(22)21-34-27-16-10-23(20-28(27)33-2)11-17-29(32)30-25-12-14-26(15-13-25)31-18-6-3-7-19-31/h4-5,8-17,20H,3,6-7,18-19,21H2,1-2H3,(H,30,32). The highest BCUT2D eigenvalue weighted by molar-refractivity contribution is 6.02. The van der Waals surface area contributed by atoms with E-state index in [-0.39, 0.29) is 5.91 Å². The summed E-state index contributed by atoms with van der Waals surface area (Å²) in [5.74, 6) is 1.12. The summed E-state index contributed by atoms with van der Waals surface area (Å²) < 4.78 is 11.5. The molecule has 0 bridgehead atoms. The lowest BCUT2D eigenvalue weighted by Crippen LogP contribution is -2.29. The van der Waals surface area contributed by atoms with E-state index in [1.807, 2.05) is 42.5 Å². The zero-order chi connectivity index (χ0) is 23.8. The van der Waals surface area contributed by atoms with Crippen LogP contribution in [0.3, 0.4) is 0 Å². The van der Waals surface area contributed by atoms with Crippen LogP contribution in [0.1, 0.15) is 36.0 Å². The molecule has 4 rings (SSSR count). The quantitative estimate of drug-likeness (QED) is 0.409. The molecule has 0 aromatic heterocycles. The van der Waals surface area contributed by atoms with Crippen molar-refractivity contribution in [2.45, 2.75) is 32.8 Å². The van der Waals surface area contributed by atoms with Gasteiger partial charge in [0, 0.05) is 30.5 Å². The van der Waals surface area contributed by atoms with Gasteiger partial charge in [0.1, 0.15) is 6.61 Å². The number of hydrogen-bond donors (Lipinski definition) is 1. The van der Waals surface area contributed by atoms with Crippen molar-refractivity contribution in [1.82, 2.24) is 0 Å². The average Bonchev–Trinajstić information content (AvgIpc) is 2.88. The van der Waals surface area contributed by atoms with E-state index in [0.29, 0.717) is 18.1 Å². The van der Waals surface area contributed by atoms with Crippen molar-refractivity contribution < 1.29 is 14.3 Å². The fraction of sp³-hybridized carbons (Fsp3) is 0.276. The molecule has 3 aromatic carbocycles. The number of hydrogen-bond acceptors (Lipinski definition) is 4. The predicted octanol–water partition coefficient (Wildman–Crippen LogP) is 6.22. The molecule has 5 nitrogen and oxygen atoms in total. The molecule has 34 heavy (non-hydrogen) atoms. The summed E-state index contributed by atoms with van der Waals surface area (Å²) in [6, 6.07) is 21.9. The molecule has 176 valence electrons. The second kappa shape index (κ2) is 11.4. The topological polar surface area (TPSA) is 50.8 Å². The van der Waals surface area contributed by atoms with Crippen molar-refractivity contribution in [2.24, 2.45) is 0 Å². The average molecular weight is 457 g/mol. The molecular formula is C29H32N2O3. The van der Waals surface area contributed by atoms with Crippen molar-refractivity contribution in [2.75, 3.05) is 30.4 Å². The molecule has 0 saturated carbocycles. The van der Waals surface area contributed by atoms with E-state index in [9.17, 15) is 4.79 Å². The van der Waals surface area contributed by atoms with Gasteiger partial charge in [-0.25, -0.2) is 0 Å². The van der Waals surface area contributed by atoms with E-state index in [4.69, 9.17) is 9.47 Å². The molecule has 1 N–H and O–H groups in total. The van der Waals surface area contributed by atoms with Crippen LogP contribution in [0.2, 0.25) is 0 Å². The van der Waals surface area contributed by atoms with E-state index in [1.54, 1.807) is 13.2 Å². The highest BCUT2D eigenvalue weighted by Gasteiger charge is 2.11. The Balaban J connectivity index is 1.34. The minimum absolute atomic E-state index is 0.176. The first-order valence-electron chi connectivity index (χ1n) is 11.8. The number of anilines is 2. The maximum absolute atomic E-state index is 12.4. The van der Waals surface area contributed by atoms with Gasteiger partial charge < -0.3 is 19.7 Å². The number of nitrogens with zero attached hydrogens (tertiary/aromatic N) is 1. The first kappa shape index (κ1) is 23.4. The molecule has 0 unspecified atom stereocenters. The molecule has 1 fully saturated rings. The number of methoxy groups -OCH3 is 1. The molecule has 0 radical (unpaired) electrons. The highest BCUT2D eigenvalue weighted by Crippen LogP contribution is 2.29. The van der Waals surface area contributed by atoms with Crippen molar-refractivity contribution in [3.05, 3.63) is 89.5 Å². The third kappa shape index (κ3) is 6.19. The largest absolute Gasteiger partial charge is 0.493 e. The van der Waals surface area contributed by atoms with Crippen LogP contribution >= 0.6 is 0 Å². The summed E-state index contributed by atoms with van der Waals surface area (Å²) in [6.45, 7) is 4.75. The molecule has 3 aromatic rings. The highest BCUT2D eigenvalue weighted by atomic mass is 16.5. The number of carbonyl (C=O) groups is 1. The van der Waals surface area contributed by atoms with Crippen LogP contribution in [0, 0.1) is 6.92 Å². The second-order valence-electron chi connectivity index (χ2n) is 8.54. The van der Waals surface area contributed by atoms with Gasteiger partial charge in [-0.3, -0.25) is 4.79 Å². The summed E-state index contributed by atoms with van der Waals surface area (Å²) in [5, 5.41) is 2.93. The van der Waals surface area contributed by atoms with Crippen LogP contribution in [0.25, 0.3) is 6.08 Å². The molecular weight excluding hydrogens is 424 g/mol. The van der Waals surface area contributed by atoms with Gasteiger partial charge in [-0.1, -0.05) is 30.3 Å². The summed E-state index contributed by atoms with van der Waals surface area (Å²) in [5.41, 5.74) is 5.18. The lowest BCUT2D eigenvalue weighted by atomic mass is 10.1. The molecule has 1 aliphatic heterocycles. The zero-order valence-corrected chi connectivity index (χ0v) is 19.9. The molecule has 5 heteroatoms. The van der Waals surface area contributed by atoms with Gasteiger partial charge in [0.05, 0.1) is 7.11 Å². The molecule has 1 saturated heterocycles. The molecule has 1 amide bonds. The molecule has 0 atom stereocenters. The number of benzene rings is 3. The third-order valence-electron chi connectivity index (χ3n) is 6.12. The second-order valence-corrected chi connectivity index (χ2v) is 8.54. The minimum Gasteiger partial charge on any atom is -0.493 e. The maximum Gasteiger partial charge on any atom is 0.248 e. The van der Waals surface area contributed by atoms with Gasteiger partial charge in [0.15, 0.2) is 11.5 Å². The van der Waals surface area contributed by atoms with Gasteiger partial charge in [-0.2, -0.15) is 0 Å². The lowest BCUT2D eigenvalue weighted by Gasteiger charge is -2.28. The lowest BCUT2D eigenvalue weighted by molar-refractivity contribution is -0.111. The summed E-state index contributed by atoms with van der Waals surface area (Å²) in [6.07, 6.45) is 7.10. The van der Waals surface area contributed by atoms with E-state index in [2.05, 4.69) is 41.4 Å². The van der Waals surface area contributed by atoms with Crippen molar-refractivity contribution in [3.8, 4) is 11.5 Å². The van der Waals surface area contributed by atoms with Crippen LogP contribution in [0.4, 0.5) is 11.4 Å². The number of aryl methyl sites for hydroxylation is 1. The van der Waals surface area contributed by atoms with Gasteiger partial charge in [0.25, 0.3) is 0 Å². The number of piperidine rings is 1. The molecule has 0 spiro atoms. The third-order valence-corrected chi connectivity index (χ3v) is 6.12. The van der Waals surface area contributed by atoms with Gasteiger partial charge in [0.2, 0.25) is 5.91 Å². The summed E-state index contributed by atoms with van der Waals surface area (Å²) in [4.78, 5) is 14.8. The fourth-order valence-corrected chi connectivity index (χ4v) is 4.10. The molecule has 1 heterocycles. The van der Waals surface area contributed by atoms with Crippen LogP contribution in [-0.4, -0.2) is 26.1 Å². The van der Waals surface area contributed by atoms with Gasteiger partial charge >= 0.3 is 0 Å². The number of amides is 1. The first-order valence-corrected chi connectivity index (χ1v) is 11.8. The Bertz CT molecular complexity index is 1130. The van der Waals surface area contributed by atoms with E-state index >= 15 is 0 Å². The van der Waals surface area contributed by atoms with E-state index < -0.39 is 0 Å². The van der Waals surface area contributed by atoms with Crippen LogP contribution < -0.4 is 19.7 Å². The van der Waals surface area contributed by atoms with E-state index in [0.717, 1.165) is 29.9 Å². The first-order chi connectivity index (χ1) is 16.6. The smallest absolute Gasteiger partial charge is 0.248 e. The Hall–Kier alpha value is -3.73. The Kier molecular flexibility index (Phi) is 7.87. The van der Waals surface area contributed by atoms with Crippen LogP contribution in [0.15, 0.2) is 72.8 Å². The molecule has 0 aliphatic carbocycles. The van der Waals surface area contributed by atoms with Gasteiger partial charge in [-0.05, 0) is 85.4 Å². The number of rotatable bonds is 8. The van der Waals surface area contributed by atoms with Crippen LogP contribution in [0.5, 0.6) is 11.5 Å². The predicted molar refractivity (Wildman–Crippen MR) is 139 cm³/mol. The Labute approximate surface area is 202 Å². The zero-order valence-electron chi connectivity index (χ0n) is 19.9. The van der Waals surface area contributed by atoms with Gasteiger partial charge in [-0.15, -0.1) is 0 Å². The number of ether oxygens (including phenoxy) is 2. The summed E-state index contributed by atoms with van der Waals surface area (Å²) >= 11 is 0. The van der Waals surface area contributed by atoms with Crippen LogP contribution in [-0.2, 0) is 11.4 Å². The normalized spacial score (nSPS) is 13.6. The Morgan fingerprint density at radius 2 is 1.74 bits per heavy atom. The maximum atomic E-state index is 12.4. The monoisotopic (exact) mass is 456 g/mol. The van der Waals surface area contributed by atoms with Crippen molar-refractivity contribution in [1.29, 1.82) is 0 Å². The molecule has 1 aliphatic rings. The van der Waals surface area contributed by atoms with Crippen molar-refractivity contribution in [3.63, 3.8) is 0 Å².